The van der Waals surface area contributed by atoms with Crippen LogP contribution in [0.3, 0.4) is 0 Å². The van der Waals surface area contributed by atoms with E-state index in [4.69, 9.17) is 9.47 Å². The monoisotopic (exact) mass is 639 g/mol. The van der Waals surface area contributed by atoms with E-state index < -0.39 is 11.7 Å². The van der Waals surface area contributed by atoms with Gasteiger partial charge in [-0.1, -0.05) is 62.6 Å². The van der Waals surface area contributed by atoms with Crippen LogP contribution < -0.4 is 5.32 Å². The first-order chi connectivity index (χ1) is 22.4. The topological polar surface area (TPSA) is 111 Å². The largest absolute Gasteiger partial charge is 0.508 e. The molecular formula is C38H59N2O6+. The number of unbranched alkanes of at least 4 members (excludes halogenated alkanes) is 2. The van der Waals surface area contributed by atoms with E-state index in [1.807, 2.05) is 18.2 Å². The number of quaternary nitrogens is 1. The van der Waals surface area contributed by atoms with Crippen LogP contribution in [-0.4, -0.2) is 83.2 Å². The van der Waals surface area contributed by atoms with E-state index in [-0.39, 0.29) is 30.6 Å². The Balaban J connectivity index is 1.04. The van der Waals surface area contributed by atoms with Crippen LogP contribution in [0.1, 0.15) is 100 Å². The van der Waals surface area contributed by atoms with Crippen molar-refractivity contribution < 1.29 is 34.4 Å². The fourth-order valence-electron chi connectivity index (χ4n) is 8.28. The third kappa shape index (κ3) is 8.90. The highest BCUT2D eigenvalue weighted by Gasteiger charge is 2.48. The fraction of sp³-hybridized carbons (Fsp3) is 0.684. The highest BCUT2D eigenvalue weighted by molar-refractivity contribution is 5.36. The summed E-state index contributed by atoms with van der Waals surface area (Å²) in [5.41, 5.74) is 1.18. The summed E-state index contributed by atoms with van der Waals surface area (Å²) in [5, 5.41) is 45.2. The molecule has 8 nitrogen and oxygen atoms in total. The van der Waals surface area contributed by atoms with Crippen LogP contribution in [0.4, 0.5) is 0 Å². The van der Waals surface area contributed by atoms with E-state index in [0.717, 1.165) is 55.1 Å². The van der Waals surface area contributed by atoms with Gasteiger partial charge in [0.25, 0.3) is 0 Å². The summed E-state index contributed by atoms with van der Waals surface area (Å²) in [5.74, 6) is 0.926. The minimum Gasteiger partial charge on any atom is -0.508 e. The summed E-state index contributed by atoms with van der Waals surface area (Å²) in [6.45, 7) is 8.05. The van der Waals surface area contributed by atoms with Gasteiger partial charge in [0.2, 0.25) is 0 Å². The van der Waals surface area contributed by atoms with Crippen molar-refractivity contribution in [3.8, 4) is 5.75 Å². The van der Waals surface area contributed by atoms with Crippen molar-refractivity contribution in [3.63, 3.8) is 0 Å². The van der Waals surface area contributed by atoms with Crippen LogP contribution >= 0.6 is 0 Å². The highest BCUT2D eigenvalue weighted by atomic mass is 16.5. The van der Waals surface area contributed by atoms with E-state index in [0.29, 0.717) is 36.8 Å². The molecule has 3 aliphatic heterocycles. The van der Waals surface area contributed by atoms with Gasteiger partial charge >= 0.3 is 0 Å². The number of piperidine rings is 3. The highest BCUT2D eigenvalue weighted by Crippen LogP contribution is 2.42. The molecule has 2 bridgehead atoms. The summed E-state index contributed by atoms with van der Waals surface area (Å²) in [7, 11) is 0. The zero-order valence-electron chi connectivity index (χ0n) is 28.0. The molecule has 256 valence electrons. The summed E-state index contributed by atoms with van der Waals surface area (Å²) < 4.78 is 14.1. The third-order valence-electron chi connectivity index (χ3n) is 11.2. The Labute approximate surface area is 276 Å². The smallest absolute Gasteiger partial charge is 0.121 e. The Hall–Kier alpha value is -2.04. The average Bonchev–Trinajstić information content (AvgIpc) is 3.65. The quantitative estimate of drug-likeness (QED) is 0.0782. The maximum atomic E-state index is 12.0. The van der Waals surface area contributed by atoms with Crippen LogP contribution in [0, 0.1) is 11.8 Å². The first kappa shape index (κ1) is 35.3. The summed E-state index contributed by atoms with van der Waals surface area (Å²) >= 11 is 0. The molecule has 4 fully saturated rings. The number of phenols is 1. The average molecular weight is 640 g/mol. The van der Waals surface area contributed by atoms with E-state index in [1.165, 1.54) is 57.8 Å². The number of benzene rings is 2. The van der Waals surface area contributed by atoms with Crippen molar-refractivity contribution >= 4 is 0 Å². The lowest BCUT2D eigenvalue weighted by Crippen LogP contribution is -2.64. The van der Waals surface area contributed by atoms with Gasteiger partial charge in [-0.15, -0.1) is 0 Å². The Morgan fingerprint density at radius 2 is 1.76 bits per heavy atom. The number of hydrogen-bond acceptors (Lipinski definition) is 7. The number of nitrogens with zero attached hydrogens (tertiary/aromatic N) is 1. The summed E-state index contributed by atoms with van der Waals surface area (Å²) in [4.78, 5) is 0. The molecule has 4 aliphatic rings. The molecule has 6 rings (SSSR count). The molecule has 1 aliphatic carbocycles. The molecule has 3 saturated heterocycles. The lowest BCUT2D eigenvalue weighted by Gasteiger charge is -2.53. The van der Waals surface area contributed by atoms with Crippen LogP contribution in [0.2, 0.25) is 0 Å². The molecular weight excluding hydrogens is 580 g/mol. The predicted octanol–water partition coefficient (Wildman–Crippen LogP) is 5.52. The SMILES string of the molecule is CCCC(NC[C@H](O)c1ccc(O)c(CO)c1)OCCCCC[N+]12CCC(CC1)[C@@H](OC[C@@](O)(c1ccccc1)C1CCCC1)C2. The molecule has 4 atom stereocenters. The number of aliphatic hydroxyl groups is 3. The zero-order valence-corrected chi connectivity index (χ0v) is 28.0. The number of hydrogen-bond donors (Lipinski definition) is 5. The first-order valence-corrected chi connectivity index (χ1v) is 18.1. The maximum Gasteiger partial charge on any atom is 0.121 e. The van der Waals surface area contributed by atoms with Gasteiger partial charge in [0.15, 0.2) is 0 Å². The van der Waals surface area contributed by atoms with Crippen LogP contribution in [0.25, 0.3) is 0 Å². The van der Waals surface area contributed by atoms with E-state index >= 15 is 0 Å². The lowest BCUT2D eigenvalue weighted by molar-refractivity contribution is -0.946. The Kier molecular flexibility index (Phi) is 12.9. The number of ether oxygens (including phenoxy) is 2. The number of fused-ring (bicyclic) bond motifs is 3. The Morgan fingerprint density at radius 3 is 2.48 bits per heavy atom. The molecule has 0 radical (unpaired) electrons. The van der Waals surface area contributed by atoms with Gasteiger partial charge < -0.3 is 34.4 Å². The normalized spacial score (nSPS) is 25.8. The molecule has 8 heteroatoms. The number of nitrogens with one attached hydrogen (secondary N) is 1. The van der Waals surface area contributed by atoms with Crippen molar-refractivity contribution in [1.82, 2.24) is 5.32 Å². The van der Waals surface area contributed by atoms with Gasteiger partial charge in [-0.3, -0.25) is 5.32 Å². The van der Waals surface area contributed by atoms with Gasteiger partial charge in [0, 0.05) is 37.5 Å². The van der Waals surface area contributed by atoms with Crippen molar-refractivity contribution in [2.24, 2.45) is 11.8 Å². The second kappa shape index (κ2) is 16.9. The van der Waals surface area contributed by atoms with Crippen molar-refractivity contribution in [2.45, 2.75) is 108 Å². The molecule has 0 amide bonds. The molecule has 46 heavy (non-hydrogen) atoms. The lowest BCUT2D eigenvalue weighted by atomic mass is 9.80. The fourth-order valence-corrected chi connectivity index (χ4v) is 8.28. The third-order valence-corrected chi connectivity index (χ3v) is 11.2. The molecule has 0 spiro atoms. The van der Waals surface area contributed by atoms with Crippen molar-refractivity contribution in [2.75, 3.05) is 45.9 Å². The number of aromatic hydroxyl groups is 1. The van der Waals surface area contributed by atoms with Crippen molar-refractivity contribution in [1.29, 1.82) is 0 Å². The summed E-state index contributed by atoms with van der Waals surface area (Å²) in [6.07, 6.45) is 11.5. The zero-order chi connectivity index (χ0) is 32.4. The van der Waals surface area contributed by atoms with Gasteiger partial charge in [-0.25, -0.2) is 0 Å². The maximum absolute atomic E-state index is 12.0. The van der Waals surface area contributed by atoms with Crippen LogP contribution in [0.5, 0.6) is 5.75 Å². The molecule has 5 N–H and O–H groups in total. The number of rotatable bonds is 19. The second-order valence-corrected chi connectivity index (χ2v) is 14.3. The Morgan fingerprint density at radius 1 is 1.00 bits per heavy atom. The Bertz CT molecular complexity index is 1180. The molecule has 3 heterocycles. The molecule has 2 aromatic rings. The van der Waals surface area contributed by atoms with E-state index in [9.17, 15) is 20.4 Å². The van der Waals surface area contributed by atoms with E-state index in [2.05, 4.69) is 24.4 Å². The van der Waals surface area contributed by atoms with Crippen LogP contribution in [0.15, 0.2) is 48.5 Å². The minimum absolute atomic E-state index is 0.0347. The first-order valence-electron chi connectivity index (χ1n) is 18.1. The van der Waals surface area contributed by atoms with Crippen LogP contribution in [-0.2, 0) is 21.7 Å². The van der Waals surface area contributed by atoms with Gasteiger partial charge in [-0.05, 0) is 67.7 Å². The number of aliphatic hydroxyl groups excluding tert-OH is 2. The van der Waals surface area contributed by atoms with Gasteiger partial charge in [0.05, 0.1) is 39.0 Å². The standard InChI is InChI=1S/C38H58N2O6/c1-2-11-37(39-25-35(43)30-16-17-34(42)31(24-30)27-41)45-23-10-4-9-20-40-21-18-29(19-22-40)36(26-40)46-28-38(44,33-14-7-8-15-33)32-12-5-3-6-13-32/h3,5-6,12-13,16-17,24,29,33,35-37,39,41,43-44H,2,4,7-11,14-15,18-23,25-28H2,1H3/p+1/t29?,35-,36-,37?,38+,40?/m0/s1. The molecule has 2 aromatic carbocycles. The molecule has 0 aromatic heterocycles. The summed E-state index contributed by atoms with van der Waals surface area (Å²) in [6, 6.07) is 15.1. The molecule has 1 unspecified atom stereocenters. The second-order valence-electron chi connectivity index (χ2n) is 14.3. The molecule has 1 saturated carbocycles. The van der Waals surface area contributed by atoms with E-state index in [1.54, 1.807) is 12.1 Å². The van der Waals surface area contributed by atoms with Crippen molar-refractivity contribution in [3.05, 3.63) is 65.2 Å². The predicted molar refractivity (Wildman–Crippen MR) is 180 cm³/mol. The van der Waals surface area contributed by atoms with Gasteiger partial charge in [-0.2, -0.15) is 0 Å². The van der Waals surface area contributed by atoms with Gasteiger partial charge in [0.1, 0.15) is 30.2 Å². The minimum atomic E-state index is -0.897.